The van der Waals surface area contributed by atoms with Gasteiger partial charge in [-0.15, -0.1) is 0 Å². The molecule has 0 fully saturated rings. The van der Waals surface area contributed by atoms with Gasteiger partial charge >= 0.3 is 0 Å². The minimum Gasteiger partial charge on any atom is -0.457 e. The Kier molecular flexibility index (Phi) is 9.39. The van der Waals surface area contributed by atoms with Gasteiger partial charge in [0, 0.05) is 58.8 Å². The standard InChI is InChI=1S/C48H45N5O2/c1-30(2)37-18-14-32(41-12-8-10-22-49-41)24-45(37)54-35-16-20-39-40-21-17-36(55-46-25-33(15-19-38(46)31(3)4)42-13-9-11-23-50-42)27-44(40)53(43(39)26-35)47-51-28-34(29-52-47)48(5,6)7/h8-31H,1-7H3. The lowest BCUT2D eigenvalue weighted by atomic mass is 9.89. The summed E-state index contributed by atoms with van der Waals surface area (Å²) in [5.41, 5.74) is 8.88. The van der Waals surface area contributed by atoms with Gasteiger partial charge in [0.2, 0.25) is 5.95 Å². The maximum absolute atomic E-state index is 6.77. The molecule has 0 N–H and O–H groups in total. The van der Waals surface area contributed by atoms with Gasteiger partial charge in [-0.1, -0.05) is 84.9 Å². The highest BCUT2D eigenvalue weighted by Gasteiger charge is 2.20. The Morgan fingerprint density at radius 3 is 1.40 bits per heavy atom. The van der Waals surface area contributed by atoms with Gasteiger partial charge in [-0.25, -0.2) is 9.97 Å². The van der Waals surface area contributed by atoms with Crippen molar-refractivity contribution in [2.24, 2.45) is 0 Å². The monoisotopic (exact) mass is 723 g/mol. The highest BCUT2D eigenvalue weighted by molar-refractivity contribution is 6.09. The number of ether oxygens (including phenoxy) is 2. The van der Waals surface area contributed by atoms with E-state index in [4.69, 9.17) is 19.4 Å². The van der Waals surface area contributed by atoms with Gasteiger partial charge in [0.15, 0.2) is 0 Å². The van der Waals surface area contributed by atoms with E-state index in [9.17, 15) is 0 Å². The summed E-state index contributed by atoms with van der Waals surface area (Å²) < 4.78 is 15.6. The quantitative estimate of drug-likeness (QED) is 0.148. The number of aromatic nitrogens is 5. The minimum atomic E-state index is -0.0861. The first-order valence-electron chi connectivity index (χ1n) is 18.9. The Morgan fingerprint density at radius 2 is 1.00 bits per heavy atom. The van der Waals surface area contributed by atoms with Crippen LogP contribution in [0.3, 0.4) is 0 Å². The van der Waals surface area contributed by atoms with E-state index in [1.54, 1.807) is 0 Å². The number of benzene rings is 4. The summed E-state index contributed by atoms with van der Waals surface area (Å²) in [5.74, 6) is 4.13. The van der Waals surface area contributed by atoms with E-state index in [0.717, 1.165) is 72.5 Å². The third kappa shape index (κ3) is 7.18. The normalized spacial score (nSPS) is 11.9. The fraction of sp³-hybridized carbons (Fsp3) is 0.208. The second-order valence-corrected chi connectivity index (χ2v) is 15.7. The number of hydrogen-bond donors (Lipinski definition) is 0. The molecule has 0 unspecified atom stereocenters. The smallest absolute Gasteiger partial charge is 0.234 e. The Labute approximate surface area is 322 Å². The number of rotatable bonds is 9. The molecular formula is C48H45N5O2. The van der Waals surface area contributed by atoms with Crippen LogP contribution < -0.4 is 9.47 Å². The van der Waals surface area contributed by atoms with Crippen LogP contribution in [-0.4, -0.2) is 24.5 Å². The van der Waals surface area contributed by atoms with E-state index in [2.05, 4.69) is 124 Å². The second kappa shape index (κ2) is 14.5. The van der Waals surface area contributed by atoms with Crippen LogP contribution in [0.2, 0.25) is 0 Å². The molecule has 8 aromatic rings. The highest BCUT2D eigenvalue weighted by Crippen LogP contribution is 2.41. The number of nitrogens with zero attached hydrogens (tertiary/aromatic N) is 5. The Balaban J connectivity index is 1.26. The first-order valence-corrected chi connectivity index (χ1v) is 18.9. The predicted octanol–water partition coefficient (Wildman–Crippen LogP) is 12.8. The Morgan fingerprint density at radius 1 is 0.527 bits per heavy atom. The molecule has 0 spiro atoms. The topological polar surface area (TPSA) is 75.0 Å². The summed E-state index contributed by atoms with van der Waals surface area (Å²) in [5, 5.41) is 2.12. The van der Waals surface area contributed by atoms with Gasteiger partial charge in [-0.2, -0.15) is 0 Å². The summed E-state index contributed by atoms with van der Waals surface area (Å²) in [6, 6.07) is 37.1. The summed E-state index contributed by atoms with van der Waals surface area (Å²) in [6.07, 6.45) is 7.48. The molecule has 0 radical (unpaired) electrons. The van der Waals surface area contributed by atoms with E-state index in [-0.39, 0.29) is 17.3 Å². The highest BCUT2D eigenvalue weighted by atomic mass is 16.5. The molecule has 4 heterocycles. The number of pyridine rings is 2. The van der Waals surface area contributed by atoms with Crippen LogP contribution in [0, 0.1) is 0 Å². The van der Waals surface area contributed by atoms with Crippen LogP contribution in [0.25, 0.3) is 50.3 Å². The fourth-order valence-corrected chi connectivity index (χ4v) is 6.98. The third-order valence-corrected chi connectivity index (χ3v) is 10.1. The predicted molar refractivity (Wildman–Crippen MR) is 223 cm³/mol. The van der Waals surface area contributed by atoms with Crippen LogP contribution >= 0.6 is 0 Å². The lowest BCUT2D eigenvalue weighted by Crippen LogP contribution is -2.13. The van der Waals surface area contributed by atoms with Crippen LogP contribution in [0.1, 0.15) is 77.0 Å². The van der Waals surface area contributed by atoms with Crippen LogP contribution in [0.4, 0.5) is 0 Å². The van der Waals surface area contributed by atoms with Gasteiger partial charge in [-0.05, 0) is 94.6 Å². The largest absolute Gasteiger partial charge is 0.457 e. The van der Waals surface area contributed by atoms with Crippen molar-refractivity contribution in [2.75, 3.05) is 0 Å². The summed E-state index contributed by atoms with van der Waals surface area (Å²) >= 11 is 0. The SMILES string of the molecule is CC(C)c1ccc(-c2ccccn2)cc1Oc1ccc2c3ccc(Oc4cc(-c5ccccn5)ccc4C(C)C)cc3n(-c3ncc(C(C)(C)C)cn3)c2c1. The third-order valence-electron chi connectivity index (χ3n) is 10.1. The van der Waals surface area contributed by atoms with Gasteiger partial charge < -0.3 is 9.47 Å². The van der Waals surface area contributed by atoms with Crippen molar-refractivity contribution in [1.29, 1.82) is 0 Å². The molecule has 7 nitrogen and oxygen atoms in total. The zero-order chi connectivity index (χ0) is 38.3. The van der Waals surface area contributed by atoms with Crippen LogP contribution in [0.15, 0.2) is 134 Å². The minimum absolute atomic E-state index is 0.0861. The van der Waals surface area contributed by atoms with Crippen molar-refractivity contribution in [3.05, 3.63) is 151 Å². The molecule has 8 rings (SSSR count). The van der Waals surface area contributed by atoms with Crippen molar-refractivity contribution in [2.45, 2.75) is 65.7 Å². The van der Waals surface area contributed by atoms with E-state index in [0.29, 0.717) is 17.4 Å². The Bertz CT molecular complexity index is 2470. The molecule has 55 heavy (non-hydrogen) atoms. The first-order chi connectivity index (χ1) is 26.5. The van der Waals surface area contributed by atoms with E-state index < -0.39 is 0 Å². The van der Waals surface area contributed by atoms with Gasteiger partial charge in [0.1, 0.15) is 23.0 Å². The fourth-order valence-electron chi connectivity index (χ4n) is 6.98. The molecule has 0 amide bonds. The van der Waals surface area contributed by atoms with Crippen LogP contribution in [0.5, 0.6) is 23.0 Å². The molecule has 0 aliphatic rings. The van der Waals surface area contributed by atoms with E-state index in [1.807, 2.05) is 73.3 Å². The van der Waals surface area contributed by atoms with Crippen molar-refractivity contribution < 1.29 is 9.47 Å². The first kappa shape index (κ1) is 35.7. The molecule has 0 saturated heterocycles. The van der Waals surface area contributed by atoms with Crippen molar-refractivity contribution >= 4 is 21.8 Å². The molecule has 0 aliphatic heterocycles. The zero-order valence-corrected chi connectivity index (χ0v) is 32.4. The maximum atomic E-state index is 6.77. The number of hydrogen-bond acceptors (Lipinski definition) is 6. The van der Waals surface area contributed by atoms with Crippen molar-refractivity contribution in [1.82, 2.24) is 24.5 Å². The molecule has 4 aromatic heterocycles. The van der Waals surface area contributed by atoms with Crippen molar-refractivity contribution in [3.63, 3.8) is 0 Å². The van der Waals surface area contributed by atoms with Gasteiger partial charge in [0.05, 0.1) is 22.4 Å². The van der Waals surface area contributed by atoms with Gasteiger partial charge in [-0.3, -0.25) is 14.5 Å². The molecule has 0 atom stereocenters. The lowest BCUT2D eigenvalue weighted by Gasteiger charge is -2.18. The summed E-state index contributed by atoms with van der Waals surface area (Å²) in [4.78, 5) is 19.0. The van der Waals surface area contributed by atoms with Gasteiger partial charge in [0.25, 0.3) is 0 Å². The van der Waals surface area contributed by atoms with E-state index >= 15 is 0 Å². The van der Waals surface area contributed by atoms with E-state index in [1.165, 1.54) is 0 Å². The van der Waals surface area contributed by atoms with Crippen LogP contribution in [-0.2, 0) is 5.41 Å². The lowest BCUT2D eigenvalue weighted by molar-refractivity contribution is 0.474. The molecule has 7 heteroatoms. The zero-order valence-electron chi connectivity index (χ0n) is 32.4. The molecule has 0 saturated carbocycles. The molecule has 0 aliphatic carbocycles. The average Bonchev–Trinajstić information content (AvgIpc) is 3.50. The summed E-state index contributed by atoms with van der Waals surface area (Å²) in [7, 11) is 0. The molecule has 0 bridgehead atoms. The van der Waals surface area contributed by atoms with Crippen molar-refractivity contribution in [3.8, 4) is 51.5 Å². The molecule has 4 aromatic carbocycles. The Hall–Kier alpha value is -6.34. The number of fused-ring (bicyclic) bond motifs is 3. The maximum Gasteiger partial charge on any atom is 0.234 e. The second-order valence-electron chi connectivity index (χ2n) is 15.7. The molecule has 274 valence electrons. The average molecular weight is 724 g/mol. The molecular weight excluding hydrogens is 679 g/mol. The summed E-state index contributed by atoms with van der Waals surface area (Å²) in [6.45, 7) is 15.2.